The number of nitrogens with one attached hydrogen (secondary N) is 1. The van der Waals surface area contributed by atoms with Crippen LogP contribution in [0.25, 0.3) is 11.0 Å². The lowest BCUT2D eigenvalue weighted by molar-refractivity contribution is 0.367. The zero-order chi connectivity index (χ0) is 13.4. The summed E-state index contributed by atoms with van der Waals surface area (Å²) in [5.74, 6) is 1.70. The third-order valence-electron chi connectivity index (χ3n) is 3.95. The maximum absolute atomic E-state index is 4.51. The largest absolute Gasteiger partial charge is 0.353 e. The molecule has 5 nitrogen and oxygen atoms in total. The fourth-order valence-corrected chi connectivity index (χ4v) is 2.73. The molecule has 2 aromatic rings. The second-order valence-corrected chi connectivity index (χ2v) is 5.61. The van der Waals surface area contributed by atoms with Gasteiger partial charge in [-0.25, -0.2) is 9.97 Å². The van der Waals surface area contributed by atoms with Gasteiger partial charge in [0.2, 0.25) is 0 Å². The van der Waals surface area contributed by atoms with Gasteiger partial charge in [-0.2, -0.15) is 0 Å². The average Bonchev–Trinajstić information content (AvgIpc) is 2.81. The predicted molar refractivity (Wildman–Crippen MR) is 77.4 cm³/mol. The fraction of sp³-hybridized carbons (Fsp3) is 0.571. The highest BCUT2D eigenvalue weighted by atomic mass is 15.3. The quantitative estimate of drug-likeness (QED) is 0.885. The molecule has 1 unspecified atom stereocenters. The molecule has 0 radical (unpaired) electrons. The molecule has 0 amide bonds. The standard InChI is InChI=1S/C14H21N5/c1-10(2)12-8-19(7-5-15-12)14-11-4-6-18(3)13(11)16-9-17-14/h4,6,9-10,12,15H,5,7-8H2,1-3H3. The lowest BCUT2D eigenvalue weighted by Gasteiger charge is -2.36. The Balaban J connectivity index is 1.95. The Labute approximate surface area is 113 Å². The van der Waals surface area contributed by atoms with Crippen LogP contribution in [0.3, 0.4) is 0 Å². The summed E-state index contributed by atoms with van der Waals surface area (Å²) in [6.45, 7) is 7.56. The van der Waals surface area contributed by atoms with Crippen molar-refractivity contribution in [2.75, 3.05) is 24.5 Å². The molecule has 0 bridgehead atoms. The van der Waals surface area contributed by atoms with E-state index in [-0.39, 0.29) is 0 Å². The summed E-state index contributed by atoms with van der Waals surface area (Å²) in [4.78, 5) is 11.3. The zero-order valence-electron chi connectivity index (χ0n) is 11.8. The van der Waals surface area contributed by atoms with Crippen molar-refractivity contribution in [2.45, 2.75) is 19.9 Å². The Morgan fingerprint density at radius 1 is 1.37 bits per heavy atom. The number of anilines is 1. The monoisotopic (exact) mass is 259 g/mol. The summed E-state index contributed by atoms with van der Waals surface area (Å²) in [7, 11) is 2.02. The molecule has 1 fully saturated rings. The normalized spacial score (nSPS) is 20.4. The summed E-state index contributed by atoms with van der Waals surface area (Å²) in [6, 6.07) is 2.64. The maximum atomic E-state index is 4.51. The number of aromatic nitrogens is 3. The average molecular weight is 259 g/mol. The molecule has 0 aliphatic carbocycles. The van der Waals surface area contributed by atoms with E-state index in [0.717, 1.165) is 36.5 Å². The summed E-state index contributed by atoms with van der Waals surface area (Å²) < 4.78 is 2.04. The number of fused-ring (bicyclic) bond motifs is 1. The molecule has 5 heteroatoms. The first-order valence-corrected chi connectivity index (χ1v) is 6.91. The number of rotatable bonds is 2. The van der Waals surface area contributed by atoms with E-state index in [4.69, 9.17) is 0 Å². The maximum Gasteiger partial charge on any atom is 0.145 e. The van der Waals surface area contributed by atoms with Crippen LogP contribution < -0.4 is 10.2 Å². The van der Waals surface area contributed by atoms with Crippen molar-refractivity contribution in [1.82, 2.24) is 19.9 Å². The van der Waals surface area contributed by atoms with Crippen molar-refractivity contribution in [3.05, 3.63) is 18.6 Å². The molecule has 102 valence electrons. The van der Waals surface area contributed by atoms with Gasteiger partial charge in [-0.3, -0.25) is 0 Å². The Bertz CT molecular complexity index is 574. The first kappa shape index (κ1) is 12.4. The smallest absolute Gasteiger partial charge is 0.145 e. The molecule has 0 aromatic carbocycles. The van der Waals surface area contributed by atoms with Crippen LogP contribution in [0.1, 0.15) is 13.8 Å². The van der Waals surface area contributed by atoms with Gasteiger partial charge in [0, 0.05) is 38.9 Å². The molecule has 19 heavy (non-hydrogen) atoms. The zero-order valence-corrected chi connectivity index (χ0v) is 11.8. The highest BCUT2D eigenvalue weighted by molar-refractivity contribution is 5.87. The molecule has 2 aromatic heterocycles. The molecule has 3 heterocycles. The van der Waals surface area contributed by atoms with E-state index in [9.17, 15) is 0 Å². The molecular formula is C14H21N5. The van der Waals surface area contributed by atoms with Gasteiger partial charge in [-0.1, -0.05) is 13.8 Å². The van der Waals surface area contributed by atoms with Gasteiger partial charge in [0.05, 0.1) is 5.39 Å². The first-order chi connectivity index (χ1) is 9.16. The van der Waals surface area contributed by atoms with E-state index in [1.807, 2.05) is 17.8 Å². The minimum absolute atomic E-state index is 0.530. The van der Waals surface area contributed by atoms with Gasteiger partial charge in [-0.15, -0.1) is 0 Å². The molecule has 0 saturated carbocycles. The summed E-state index contributed by atoms with van der Waals surface area (Å²) in [5, 5.41) is 4.73. The summed E-state index contributed by atoms with van der Waals surface area (Å²) >= 11 is 0. The van der Waals surface area contributed by atoms with Crippen LogP contribution in [0.15, 0.2) is 18.6 Å². The van der Waals surface area contributed by atoms with E-state index in [1.54, 1.807) is 6.33 Å². The van der Waals surface area contributed by atoms with E-state index < -0.39 is 0 Å². The topological polar surface area (TPSA) is 46.0 Å². The van der Waals surface area contributed by atoms with Crippen LogP contribution in [0.2, 0.25) is 0 Å². The lowest BCUT2D eigenvalue weighted by atomic mass is 10.0. The summed E-state index contributed by atoms with van der Waals surface area (Å²) in [6.07, 6.45) is 3.72. The Kier molecular flexibility index (Phi) is 3.14. The Morgan fingerprint density at radius 3 is 3.00 bits per heavy atom. The van der Waals surface area contributed by atoms with E-state index in [1.165, 1.54) is 0 Å². The second-order valence-electron chi connectivity index (χ2n) is 5.61. The minimum atomic E-state index is 0.530. The van der Waals surface area contributed by atoms with Crippen LogP contribution in [-0.2, 0) is 7.05 Å². The van der Waals surface area contributed by atoms with Crippen molar-refractivity contribution in [3.63, 3.8) is 0 Å². The van der Waals surface area contributed by atoms with Gasteiger partial charge in [0.15, 0.2) is 0 Å². The number of piperazine rings is 1. The van der Waals surface area contributed by atoms with Crippen molar-refractivity contribution in [1.29, 1.82) is 0 Å². The van der Waals surface area contributed by atoms with E-state index in [0.29, 0.717) is 12.0 Å². The molecular weight excluding hydrogens is 238 g/mol. The van der Waals surface area contributed by atoms with Crippen LogP contribution in [0.4, 0.5) is 5.82 Å². The number of hydrogen-bond acceptors (Lipinski definition) is 4. The molecule has 1 N–H and O–H groups in total. The van der Waals surface area contributed by atoms with Crippen LogP contribution >= 0.6 is 0 Å². The van der Waals surface area contributed by atoms with Crippen LogP contribution in [-0.4, -0.2) is 40.2 Å². The van der Waals surface area contributed by atoms with Crippen molar-refractivity contribution < 1.29 is 0 Å². The third kappa shape index (κ3) is 2.18. The van der Waals surface area contributed by atoms with Crippen LogP contribution in [0.5, 0.6) is 0 Å². The van der Waals surface area contributed by atoms with Gasteiger partial charge < -0.3 is 14.8 Å². The highest BCUT2D eigenvalue weighted by Gasteiger charge is 2.24. The fourth-order valence-electron chi connectivity index (χ4n) is 2.73. The van der Waals surface area contributed by atoms with Crippen molar-refractivity contribution >= 4 is 16.9 Å². The molecule has 0 spiro atoms. The third-order valence-corrected chi connectivity index (χ3v) is 3.95. The first-order valence-electron chi connectivity index (χ1n) is 6.91. The lowest BCUT2D eigenvalue weighted by Crippen LogP contribution is -2.53. The molecule has 1 saturated heterocycles. The summed E-state index contributed by atoms with van der Waals surface area (Å²) in [5.41, 5.74) is 1.00. The molecule has 1 aliphatic heterocycles. The number of nitrogens with zero attached hydrogens (tertiary/aromatic N) is 4. The molecule has 3 rings (SSSR count). The highest BCUT2D eigenvalue weighted by Crippen LogP contribution is 2.24. The van der Waals surface area contributed by atoms with Gasteiger partial charge in [-0.05, 0) is 12.0 Å². The number of hydrogen-bond donors (Lipinski definition) is 1. The van der Waals surface area contributed by atoms with E-state index in [2.05, 4.69) is 40.1 Å². The molecule has 1 atom stereocenters. The van der Waals surface area contributed by atoms with Gasteiger partial charge in [0.25, 0.3) is 0 Å². The molecule has 1 aliphatic rings. The predicted octanol–water partition coefficient (Wildman–Crippen LogP) is 1.40. The Morgan fingerprint density at radius 2 is 2.21 bits per heavy atom. The Hall–Kier alpha value is -1.62. The minimum Gasteiger partial charge on any atom is -0.353 e. The van der Waals surface area contributed by atoms with Gasteiger partial charge in [0.1, 0.15) is 17.8 Å². The second kappa shape index (κ2) is 4.81. The van der Waals surface area contributed by atoms with E-state index >= 15 is 0 Å². The van der Waals surface area contributed by atoms with Crippen molar-refractivity contribution in [3.8, 4) is 0 Å². The van der Waals surface area contributed by atoms with Gasteiger partial charge >= 0.3 is 0 Å². The van der Waals surface area contributed by atoms with Crippen molar-refractivity contribution in [2.24, 2.45) is 13.0 Å². The van der Waals surface area contributed by atoms with Crippen LogP contribution in [0, 0.1) is 5.92 Å². The number of aryl methyl sites for hydroxylation is 1. The SMILES string of the molecule is CC(C)C1CN(c2ncnc3c2ccn3C)CCN1.